The lowest BCUT2D eigenvalue weighted by Crippen LogP contribution is -1.95. The van der Waals surface area contributed by atoms with Crippen LogP contribution < -0.4 is 4.74 Å². The van der Waals surface area contributed by atoms with Crippen molar-refractivity contribution in [1.29, 1.82) is 0 Å². The van der Waals surface area contributed by atoms with Crippen molar-refractivity contribution in [2.45, 2.75) is 19.8 Å². The fraction of sp³-hybridized carbons (Fsp3) is 0.154. The number of benzene rings is 3. The molecule has 0 amide bonds. The van der Waals surface area contributed by atoms with Gasteiger partial charge in [-0.3, -0.25) is 0 Å². The normalized spacial score (nSPS) is 10.0. The van der Waals surface area contributed by atoms with Gasteiger partial charge in [-0.25, -0.2) is 17.6 Å². The van der Waals surface area contributed by atoms with Crippen molar-refractivity contribution < 1.29 is 22.3 Å². The number of ether oxygens (including phenoxy) is 1. The first-order valence-electron chi connectivity index (χ1n) is 9.56. The van der Waals surface area contributed by atoms with Gasteiger partial charge >= 0.3 is 0 Å². The number of halogens is 4. The Balaban J connectivity index is 1.88. The Morgan fingerprint density at radius 2 is 1.16 bits per heavy atom. The van der Waals surface area contributed by atoms with Gasteiger partial charge in [-0.2, -0.15) is 0 Å². The molecule has 3 aromatic rings. The van der Waals surface area contributed by atoms with Crippen LogP contribution in [-0.4, -0.2) is 7.11 Å². The molecule has 1 nitrogen and oxygen atoms in total. The molecule has 5 heteroatoms. The molecule has 3 aromatic carbocycles. The minimum atomic E-state index is -0.912. The zero-order valence-electron chi connectivity index (χ0n) is 17.0. The molecular weight excluding hydrogens is 404 g/mol. The van der Waals surface area contributed by atoms with Crippen LogP contribution >= 0.6 is 0 Å². The summed E-state index contributed by atoms with van der Waals surface area (Å²) in [6, 6.07) is 11.1. The van der Waals surface area contributed by atoms with E-state index in [0.29, 0.717) is 23.3 Å². The van der Waals surface area contributed by atoms with Crippen LogP contribution in [0.3, 0.4) is 0 Å². The fourth-order valence-corrected chi connectivity index (χ4v) is 2.89. The van der Waals surface area contributed by atoms with Gasteiger partial charge in [0.15, 0.2) is 0 Å². The molecule has 0 radical (unpaired) electrons. The summed E-state index contributed by atoms with van der Waals surface area (Å²) in [7, 11) is 1.53. The SMILES string of the molecule is CCCc1cc(F)c(C#Cc2cc(F)c(C#Cc3ccc(OC)cc3)c(F)c2)c(F)c1. The second kappa shape index (κ2) is 9.87. The molecule has 0 aromatic heterocycles. The van der Waals surface area contributed by atoms with Crippen LogP contribution in [0.1, 0.15) is 41.2 Å². The topological polar surface area (TPSA) is 9.23 Å². The van der Waals surface area contributed by atoms with Gasteiger partial charge in [-0.15, -0.1) is 0 Å². The molecule has 0 N–H and O–H groups in total. The molecule has 0 aliphatic rings. The highest BCUT2D eigenvalue weighted by atomic mass is 19.1. The van der Waals surface area contributed by atoms with E-state index in [1.807, 2.05) is 6.92 Å². The Bertz CT molecular complexity index is 1180. The van der Waals surface area contributed by atoms with E-state index in [1.54, 1.807) is 24.3 Å². The maximum Gasteiger partial charge on any atom is 0.143 e. The number of hydrogen-bond donors (Lipinski definition) is 0. The summed E-state index contributed by atoms with van der Waals surface area (Å²) in [5.41, 5.74) is 0.175. The number of rotatable bonds is 3. The van der Waals surface area contributed by atoms with Crippen LogP contribution in [0.15, 0.2) is 48.5 Å². The van der Waals surface area contributed by atoms with E-state index in [9.17, 15) is 17.6 Å². The molecular formula is C26H18F4O. The predicted octanol–water partition coefficient (Wildman–Crippen LogP) is 6.00. The van der Waals surface area contributed by atoms with Gasteiger partial charge in [0.05, 0.1) is 18.2 Å². The predicted molar refractivity (Wildman–Crippen MR) is 112 cm³/mol. The van der Waals surface area contributed by atoms with Gasteiger partial charge in [-0.05, 0) is 60.5 Å². The van der Waals surface area contributed by atoms with E-state index in [0.717, 1.165) is 18.6 Å². The molecule has 0 bridgehead atoms. The Labute approximate surface area is 178 Å². The highest BCUT2D eigenvalue weighted by Gasteiger charge is 2.11. The maximum absolute atomic E-state index is 14.4. The summed E-state index contributed by atoms with van der Waals surface area (Å²) in [4.78, 5) is 0. The second-order valence-corrected chi connectivity index (χ2v) is 6.73. The first kappa shape index (κ1) is 22.0. The third-order valence-electron chi connectivity index (χ3n) is 4.44. The van der Waals surface area contributed by atoms with E-state index in [1.165, 1.54) is 19.2 Å². The zero-order valence-corrected chi connectivity index (χ0v) is 17.0. The molecule has 156 valence electrons. The highest BCUT2D eigenvalue weighted by molar-refractivity contribution is 5.50. The molecule has 3 rings (SSSR count). The fourth-order valence-electron chi connectivity index (χ4n) is 2.89. The molecule has 0 saturated carbocycles. The third-order valence-corrected chi connectivity index (χ3v) is 4.44. The van der Waals surface area contributed by atoms with Crippen molar-refractivity contribution in [3.63, 3.8) is 0 Å². The van der Waals surface area contributed by atoms with Crippen LogP contribution in [0.25, 0.3) is 0 Å². The second-order valence-electron chi connectivity index (χ2n) is 6.73. The summed E-state index contributed by atoms with van der Waals surface area (Å²) in [6.07, 6.45) is 1.28. The van der Waals surface area contributed by atoms with Crippen LogP contribution in [0.5, 0.6) is 5.75 Å². The quantitative estimate of drug-likeness (QED) is 0.371. The monoisotopic (exact) mass is 422 g/mol. The van der Waals surface area contributed by atoms with Gasteiger partial charge in [0.25, 0.3) is 0 Å². The Kier molecular flexibility index (Phi) is 7.00. The van der Waals surface area contributed by atoms with Crippen LogP contribution in [-0.2, 0) is 6.42 Å². The van der Waals surface area contributed by atoms with Crippen molar-refractivity contribution >= 4 is 0 Å². The lowest BCUT2D eigenvalue weighted by Gasteiger charge is -2.03. The summed E-state index contributed by atoms with van der Waals surface area (Å²) in [6.45, 7) is 1.90. The van der Waals surface area contributed by atoms with Gasteiger partial charge < -0.3 is 4.74 Å². The standard InChI is InChI=1S/C26H18F4O/c1-3-4-18-13-23(27)22(24(28)14-18)12-8-19-15-25(29)21(26(30)16-19)11-7-17-5-9-20(31-2)10-6-17/h5-6,9-10,13-16H,3-4H2,1-2H3. The van der Waals surface area contributed by atoms with Crippen molar-refractivity contribution in [2.75, 3.05) is 7.11 Å². The first-order valence-corrected chi connectivity index (χ1v) is 9.56. The zero-order chi connectivity index (χ0) is 22.4. The summed E-state index contributed by atoms with van der Waals surface area (Å²) in [5.74, 6) is 7.09. The van der Waals surface area contributed by atoms with E-state index < -0.39 is 34.4 Å². The third kappa shape index (κ3) is 5.47. The molecule has 0 heterocycles. The largest absolute Gasteiger partial charge is 0.497 e. The highest BCUT2D eigenvalue weighted by Crippen LogP contribution is 2.18. The minimum Gasteiger partial charge on any atom is -0.497 e. The number of aryl methyl sites for hydroxylation is 1. The molecule has 0 unspecified atom stereocenters. The summed E-state index contributed by atoms with van der Waals surface area (Å²) < 4.78 is 62.1. The Morgan fingerprint density at radius 1 is 0.677 bits per heavy atom. The van der Waals surface area contributed by atoms with E-state index >= 15 is 0 Å². The van der Waals surface area contributed by atoms with Crippen LogP contribution in [0, 0.1) is 47.0 Å². The van der Waals surface area contributed by atoms with E-state index in [-0.39, 0.29) is 5.56 Å². The van der Waals surface area contributed by atoms with E-state index in [2.05, 4.69) is 23.7 Å². The lowest BCUT2D eigenvalue weighted by molar-refractivity contribution is 0.415. The van der Waals surface area contributed by atoms with Gasteiger partial charge in [0.2, 0.25) is 0 Å². The van der Waals surface area contributed by atoms with Crippen LogP contribution in [0.2, 0.25) is 0 Å². The number of methoxy groups -OCH3 is 1. The summed E-state index contributed by atoms with van der Waals surface area (Å²) in [5, 5.41) is 0. The molecule has 0 atom stereocenters. The lowest BCUT2D eigenvalue weighted by atomic mass is 10.1. The van der Waals surface area contributed by atoms with Crippen molar-refractivity contribution in [1.82, 2.24) is 0 Å². The molecule has 0 spiro atoms. The van der Waals surface area contributed by atoms with Crippen molar-refractivity contribution in [3.05, 3.63) is 99.6 Å². The van der Waals surface area contributed by atoms with Crippen molar-refractivity contribution in [2.24, 2.45) is 0 Å². The molecule has 0 saturated heterocycles. The number of hydrogen-bond acceptors (Lipinski definition) is 1. The first-order chi connectivity index (χ1) is 14.9. The smallest absolute Gasteiger partial charge is 0.143 e. The molecule has 0 aliphatic carbocycles. The van der Waals surface area contributed by atoms with E-state index in [4.69, 9.17) is 4.74 Å². The molecule has 31 heavy (non-hydrogen) atoms. The van der Waals surface area contributed by atoms with Gasteiger partial charge in [-0.1, -0.05) is 37.0 Å². The average Bonchev–Trinajstić information content (AvgIpc) is 2.73. The summed E-state index contributed by atoms with van der Waals surface area (Å²) >= 11 is 0. The Hall–Kier alpha value is -3.70. The molecule has 0 fully saturated rings. The molecule has 0 aliphatic heterocycles. The minimum absolute atomic E-state index is 0.0542. The van der Waals surface area contributed by atoms with Crippen LogP contribution in [0.4, 0.5) is 17.6 Å². The maximum atomic E-state index is 14.4. The van der Waals surface area contributed by atoms with Gasteiger partial charge in [0, 0.05) is 11.1 Å². The average molecular weight is 422 g/mol. The Morgan fingerprint density at radius 3 is 1.65 bits per heavy atom. The van der Waals surface area contributed by atoms with Gasteiger partial charge in [0.1, 0.15) is 29.0 Å². The van der Waals surface area contributed by atoms with Crippen molar-refractivity contribution in [3.8, 4) is 29.4 Å².